The number of benzene rings is 2. The number of hydrogen-bond acceptors (Lipinski definition) is 7. The maximum absolute atomic E-state index is 13.2. The van der Waals surface area contributed by atoms with Gasteiger partial charge in [0.25, 0.3) is 11.8 Å². The molecule has 9 nitrogen and oxygen atoms in total. The van der Waals surface area contributed by atoms with Crippen molar-refractivity contribution in [3.05, 3.63) is 88.7 Å². The van der Waals surface area contributed by atoms with Gasteiger partial charge in [-0.2, -0.15) is 0 Å². The molecule has 0 aliphatic heterocycles. The van der Waals surface area contributed by atoms with Crippen LogP contribution in [0.2, 0.25) is 0 Å². The molecule has 1 atom stereocenters. The first kappa shape index (κ1) is 29.3. The molecule has 3 aromatic rings. The lowest BCUT2D eigenvalue weighted by Gasteiger charge is -2.30. The topological polar surface area (TPSA) is 110 Å². The predicted molar refractivity (Wildman–Crippen MR) is 148 cm³/mol. The zero-order chi connectivity index (χ0) is 28.5. The van der Waals surface area contributed by atoms with Crippen LogP contribution in [0.3, 0.4) is 0 Å². The van der Waals surface area contributed by atoms with E-state index in [0.29, 0.717) is 6.42 Å². The summed E-state index contributed by atoms with van der Waals surface area (Å²) in [6, 6.07) is 16.5. The number of nitrogens with zero attached hydrogens (tertiary/aromatic N) is 2. The quantitative estimate of drug-likeness (QED) is 0.280. The van der Waals surface area contributed by atoms with Crippen molar-refractivity contribution >= 4 is 17.8 Å². The van der Waals surface area contributed by atoms with Gasteiger partial charge >= 0.3 is 5.97 Å². The molecule has 0 saturated carbocycles. The summed E-state index contributed by atoms with van der Waals surface area (Å²) in [7, 11) is 3.18. The maximum atomic E-state index is 13.2. The fraction of sp³-hybridized carbons (Fsp3) is 0.333. The molecule has 0 aliphatic rings. The van der Waals surface area contributed by atoms with Crippen molar-refractivity contribution in [3.8, 4) is 11.5 Å². The number of hydrazine groups is 1. The van der Waals surface area contributed by atoms with Crippen molar-refractivity contribution < 1.29 is 23.9 Å². The van der Waals surface area contributed by atoms with Gasteiger partial charge in [0.15, 0.2) is 11.4 Å². The smallest absolute Gasteiger partial charge is 0.311 e. The summed E-state index contributed by atoms with van der Waals surface area (Å²) in [6.45, 7) is 7.45. The number of hydrogen-bond donors (Lipinski definition) is 2. The second-order valence-electron chi connectivity index (χ2n) is 9.42. The SMILES string of the molecule is CCCC(=O)Oc1c(OC)ccnc1C(=O)N[C@@H](C)C(=O)NN(C)C(c1ccc(C)cc1)c1ccc(C)cc1. The van der Waals surface area contributed by atoms with E-state index in [1.165, 1.54) is 19.4 Å². The number of carbonyl (C=O) groups excluding carboxylic acids is 3. The van der Waals surface area contributed by atoms with Crippen LogP contribution in [0.15, 0.2) is 60.8 Å². The largest absolute Gasteiger partial charge is 0.493 e. The second-order valence-corrected chi connectivity index (χ2v) is 9.42. The number of aromatic nitrogens is 1. The third kappa shape index (κ3) is 7.64. The van der Waals surface area contributed by atoms with Gasteiger partial charge in [-0.3, -0.25) is 19.8 Å². The predicted octanol–water partition coefficient (Wildman–Crippen LogP) is 4.28. The number of amides is 2. The Morgan fingerprint density at radius 3 is 2.03 bits per heavy atom. The van der Waals surface area contributed by atoms with Crippen LogP contribution in [0.4, 0.5) is 0 Å². The molecule has 9 heteroatoms. The molecule has 0 aliphatic carbocycles. The summed E-state index contributed by atoms with van der Waals surface area (Å²) in [5, 5.41) is 4.37. The van der Waals surface area contributed by atoms with Gasteiger partial charge in [-0.1, -0.05) is 66.6 Å². The maximum Gasteiger partial charge on any atom is 0.311 e. The van der Waals surface area contributed by atoms with Crippen molar-refractivity contribution in [2.45, 2.75) is 52.6 Å². The first-order valence-corrected chi connectivity index (χ1v) is 12.9. The van der Waals surface area contributed by atoms with E-state index in [1.54, 1.807) is 19.0 Å². The molecule has 3 rings (SSSR count). The Kier molecular flexibility index (Phi) is 10.2. The van der Waals surface area contributed by atoms with Crippen LogP contribution in [-0.2, 0) is 9.59 Å². The molecule has 39 heavy (non-hydrogen) atoms. The average Bonchev–Trinajstić information content (AvgIpc) is 2.91. The lowest BCUT2D eigenvalue weighted by atomic mass is 9.97. The number of carbonyl (C=O) groups is 3. The van der Waals surface area contributed by atoms with Crippen molar-refractivity contribution in [2.24, 2.45) is 0 Å². The highest BCUT2D eigenvalue weighted by Gasteiger charge is 2.27. The van der Waals surface area contributed by atoms with Gasteiger partial charge in [0.05, 0.1) is 13.2 Å². The first-order valence-electron chi connectivity index (χ1n) is 12.9. The van der Waals surface area contributed by atoms with E-state index >= 15 is 0 Å². The molecular formula is C30H36N4O5. The molecule has 2 N–H and O–H groups in total. The molecule has 1 aromatic heterocycles. The molecule has 0 spiro atoms. The Balaban J connectivity index is 1.77. The van der Waals surface area contributed by atoms with Crippen LogP contribution >= 0.6 is 0 Å². The van der Waals surface area contributed by atoms with Crippen LogP contribution in [0.5, 0.6) is 11.5 Å². The molecule has 0 radical (unpaired) electrons. The van der Waals surface area contributed by atoms with Crippen LogP contribution in [0.1, 0.15) is 65.5 Å². The van der Waals surface area contributed by atoms with E-state index < -0.39 is 23.8 Å². The molecular weight excluding hydrogens is 496 g/mol. The lowest BCUT2D eigenvalue weighted by Crippen LogP contribution is -2.51. The third-order valence-electron chi connectivity index (χ3n) is 6.17. The van der Waals surface area contributed by atoms with E-state index in [2.05, 4.69) is 15.7 Å². The summed E-state index contributed by atoms with van der Waals surface area (Å²) >= 11 is 0. The van der Waals surface area contributed by atoms with Crippen LogP contribution in [-0.4, -0.2) is 48.0 Å². The number of pyridine rings is 1. The molecule has 206 valence electrons. The monoisotopic (exact) mass is 532 g/mol. The fourth-order valence-electron chi connectivity index (χ4n) is 4.02. The van der Waals surface area contributed by atoms with Crippen molar-refractivity contribution in [2.75, 3.05) is 14.2 Å². The van der Waals surface area contributed by atoms with Crippen LogP contribution in [0.25, 0.3) is 0 Å². The molecule has 0 bridgehead atoms. The lowest BCUT2D eigenvalue weighted by molar-refractivity contribution is -0.134. The minimum Gasteiger partial charge on any atom is -0.493 e. The molecule has 0 unspecified atom stereocenters. The van der Waals surface area contributed by atoms with Gasteiger partial charge in [-0.15, -0.1) is 0 Å². The summed E-state index contributed by atoms with van der Waals surface area (Å²) < 4.78 is 10.6. The van der Waals surface area contributed by atoms with E-state index in [1.807, 2.05) is 69.3 Å². The Bertz CT molecular complexity index is 1250. The van der Waals surface area contributed by atoms with Gasteiger partial charge in [-0.05, 0) is 38.3 Å². The number of methoxy groups -OCH3 is 1. The minimum atomic E-state index is -0.927. The van der Waals surface area contributed by atoms with Crippen LogP contribution in [0, 0.1) is 13.8 Å². The number of aryl methyl sites for hydroxylation is 2. The highest BCUT2D eigenvalue weighted by Crippen LogP contribution is 2.30. The summed E-state index contributed by atoms with van der Waals surface area (Å²) in [5.74, 6) is -1.51. The Morgan fingerprint density at radius 1 is 0.949 bits per heavy atom. The summed E-state index contributed by atoms with van der Waals surface area (Å²) in [5.41, 5.74) is 7.02. The minimum absolute atomic E-state index is 0.0838. The van der Waals surface area contributed by atoms with E-state index in [9.17, 15) is 14.4 Å². The van der Waals surface area contributed by atoms with Gasteiger partial charge in [-0.25, -0.2) is 9.99 Å². The Labute approximate surface area is 229 Å². The molecule has 0 saturated heterocycles. The van der Waals surface area contributed by atoms with Gasteiger partial charge < -0.3 is 14.8 Å². The summed E-state index contributed by atoms with van der Waals surface area (Å²) in [4.78, 5) is 42.5. The van der Waals surface area contributed by atoms with Gasteiger partial charge in [0.2, 0.25) is 5.75 Å². The second kappa shape index (κ2) is 13.5. The summed E-state index contributed by atoms with van der Waals surface area (Å²) in [6.07, 6.45) is 2.13. The molecule has 0 fully saturated rings. The number of nitrogens with one attached hydrogen (secondary N) is 2. The first-order chi connectivity index (χ1) is 18.6. The molecule has 2 amide bonds. The average molecular weight is 533 g/mol. The normalized spacial score (nSPS) is 11.7. The molecule has 1 heterocycles. The van der Waals surface area contributed by atoms with Crippen molar-refractivity contribution in [1.82, 2.24) is 20.7 Å². The molecule has 2 aromatic carbocycles. The van der Waals surface area contributed by atoms with Gasteiger partial charge in [0.1, 0.15) is 6.04 Å². The van der Waals surface area contributed by atoms with Crippen LogP contribution < -0.4 is 20.2 Å². The zero-order valence-electron chi connectivity index (χ0n) is 23.3. The third-order valence-corrected chi connectivity index (χ3v) is 6.17. The standard InChI is InChI=1S/C30H36N4O5/c1-7-8-25(35)39-28-24(38-6)17-18-31-26(28)30(37)32-21(4)29(36)33-34(5)27(22-13-9-19(2)10-14-22)23-15-11-20(3)12-16-23/h9-18,21,27H,7-8H2,1-6H3,(H,32,37)(H,33,36)/t21-/m0/s1. The number of ether oxygens (including phenoxy) is 2. The fourth-order valence-corrected chi connectivity index (χ4v) is 4.02. The Morgan fingerprint density at radius 2 is 1.51 bits per heavy atom. The number of rotatable bonds is 11. The number of esters is 1. The van der Waals surface area contributed by atoms with Crippen molar-refractivity contribution in [1.29, 1.82) is 0 Å². The highest BCUT2D eigenvalue weighted by molar-refractivity contribution is 5.99. The van der Waals surface area contributed by atoms with E-state index in [-0.39, 0.29) is 29.7 Å². The Hall–Kier alpha value is -4.24. The van der Waals surface area contributed by atoms with Gasteiger partial charge in [0, 0.05) is 25.7 Å². The van der Waals surface area contributed by atoms with E-state index in [0.717, 1.165) is 22.3 Å². The van der Waals surface area contributed by atoms with E-state index in [4.69, 9.17) is 9.47 Å². The zero-order valence-corrected chi connectivity index (χ0v) is 23.3. The van der Waals surface area contributed by atoms with Crippen molar-refractivity contribution in [3.63, 3.8) is 0 Å². The highest BCUT2D eigenvalue weighted by atomic mass is 16.6.